The monoisotopic (exact) mass is 578 g/mol. The van der Waals surface area contributed by atoms with E-state index >= 15 is 0 Å². The van der Waals surface area contributed by atoms with Gasteiger partial charge < -0.3 is 10.0 Å². The molecule has 1 aliphatic carbocycles. The first-order valence-corrected chi connectivity index (χ1v) is 13.1. The molecule has 208 valence electrons. The van der Waals surface area contributed by atoms with Crippen LogP contribution in [-0.2, 0) is 6.18 Å². The molecule has 0 bridgehead atoms. The van der Waals surface area contributed by atoms with Crippen LogP contribution in [-0.4, -0.2) is 38.9 Å². The Labute approximate surface area is 227 Å². The molecule has 40 heavy (non-hydrogen) atoms. The third-order valence-electron chi connectivity index (χ3n) is 7.51. The number of hydrogen-bond donors (Lipinski definition) is 1. The van der Waals surface area contributed by atoms with Crippen molar-refractivity contribution in [2.24, 2.45) is 5.41 Å². The van der Waals surface area contributed by atoms with Gasteiger partial charge in [-0.05, 0) is 54.5 Å². The molecule has 1 spiro atoms. The van der Waals surface area contributed by atoms with Gasteiger partial charge in [-0.25, -0.2) is 27.6 Å². The topological polar surface area (TPSA) is 71.2 Å². The Hall–Kier alpha value is -3.87. The number of fused-ring (bicyclic) bond motifs is 1. The van der Waals surface area contributed by atoms with Crippen LogP contribution in [0.25, 0.3) is 21.5 Å². The summed E-state index contributed by atoms with van der Waals surface area (Å²) in [7, 11) is 0. The first kappa shape index (κ1) is 26.4. The van der Waals surface area contributed by atoms with E-state index in [1.54, 1.807) is 0 Å². The quantitative estimate of drug-likeness (QED) is 0.251. The van der Waals surface area contributed by atoms with Crippen LogP contribution in [0.5, 0.6) is 0 Å². The first-order chi connectivity index (χ1) is 19.0. The molecule has 0 amide bonds. The zero-order valence-corrected chi connectivity index (χ0v) is 21.4. The van der Waals surface area contributed by atoms with Crippen LogP contribution in [0.2, 0.25) is 0 Å². The van der Waals surface area contributed by atoms with Crippen LogP contribution in [0.4, 0.5) is 31.5 Å². The molecule has 1 aliphatic heterocycles. The van der Waals surface area contributed by atoms with Gasteiger partial charge in [-0.2, -0.15) is 18.3 Å². The minimum Gasteiger partial charge on any atom is -0.478 e. The molecule has 13 heteroatoms. The van der Waals surface area contributed by atoms with Gasteiger partial charge in [0.25, 0.3) is 6.43 Å². The van der Waals surface area contributed by atoms with E-state index in [0.717, 1.165) is 23.0 Å². The van der Waals surface area contributed by atoms with Crippen LogP contribution < -0.4 is 4.90 Å². The molecule has 1 fully saturated rings. The Kier molecular flexibility index (Phi) is 6.17. The number of nitrogens with zero attached hydrogens (tertiary/aromatic N) is 4. The Morgan fingerprint density at radius 3 is 2.48 bits per heavy atom. The maximum absolute atomic E-state index is 14.4. The van der Waals surface area contributed by atoms with Crippen molar-refractivity contribution in [1.29, 1.82) is 0 Å². The number of para-hydroxylation sites is 1. The van der Waals surface area contributed by atoms with Crippen molar-refractivity contribution in [2.45, 2.75) is 31.9 Å². The SMILES string of the molecule is O=C(O)c1cc(F)c2nc(N3CCC4(C=C(c5c(C(F)F)cnn5-c5ccccc5C(F)(F)F)C4)CC3)sc2c1. The average Bonchev–Trinajstić information content (AvgIpc) is 3.52. The van der Waals surface area contributed by atoms with Crippen LogP contribution in [0.3, 0.4) is 0 Å². The van der Waals surface area contributed by atoms with Gasteiger partial charge in [-0.3, -0.25) is 0 Å². The molecule has 0 atom stereocenters. The summed E-state index contributed by atoms with van der Waals surface area (Å²) in [6, 6.07) is 7.06. The molecule has 6 nitrogen and oxygen atoms in total. The summed E-state index contributed by atoms with van der Waals surface area (Å²) in [4.78, 5) is 17.6. The predicted octanol–water partition coefficient (Wildman–Crippen LogP) is 7.35. The number of carboxylic acids is 1. The van der Waals surface area contributed by atoms with Gasteiger partial charge in [0, 0.05) is 13.1 Å². The summed E-state index contributed by atoms with van der Waals surface area (Å²) in [6.07, 6.45) is -3.16. The fourth-order valence-electron chi connectivity index (χ4n) is 5.49. The molecule has 0 saturated carbocycles. The lowest BCUT2D eigenvalue weighted by Gasteiger charge is -2.46. The molecule has 2 aliphatic rings. The fraction of sp³-hybridized carbons (Fsp3) is 0.296. The Morgan fingerprint density at radius 2 is 1.82 bits per heavy atom. The number of carboxylic acid groups (broad SMARTS) is 1. The normalized spacial score (nSPS) is 17.0. The highest BCUT2D eigenvalue weighted by Crippen LogP contribution is 2.53. The van der Waals surface area contributed by atoms with E-state index in [4.69, 9.17) is 0 Å². The molecule has 2 aromatic heterocycles. The van der Waals surface area contributed by atoms with Gasteiger partial charge in [0.1, 0.15) is 5.52 Å². The number of benzene rings is 2. The summed E-state index contributed by atoms with van der Waals surface area (Å²) in [5.41, 5.74) is -1.59. The number of aromatic nitrogens is 3. The largest absolute Gasteiger partial charge is 0.478 e. The van der Waals surface area contributed by atoms with Crippen molar-refractivity contribution in [1.82, 2.24) is 14.8 Å². The summed E-state index contributed by atoms with van der Waals surface area (Å²) in [6.45, 7) is 1.07. The van der Waals surface area contributed by atoms with E-state index in [2.05, 4.69) is 10.1 Å². The van der Waals surface area contributed by atoms with Gasteiger partial charge in [-0.1, -0.05) is 29.5 Å². The van der Waals surface area contributed by atoms with E-state index in [1.165, 1.54) is 35.6 Å². The van der Waals surface area contributed by atoms with Crippen molar-refractivity contribution in [3.05, 3.63) is 76.9 Å². The second-order valence-corrected chi connectivity index (χ2v) is 11.0. The van der Waals surface area contributed by atoms with E-state index in [1.807, 2.05) is 11.0 Å². The van der Waals surface area contributed by atoms with Crippen molar-refractivity contribution >= 4 is 38.2 Å². The van der Waals surface area contributed by atoms with Gasteiger partial charge in [-0.15, -0.1) is 0 Å². The molecule has 6 rings (SSSR count). The highest BCUT2D eigenvalue weighted by molar-refractivity contribution is 7.22. The number of rotatable bonds is 5. The summed E-state index contributed by atoms with van der Waals surface area (Å²) < 4.78 is 84.6. The predicted molar refractivity (Wildman–Crippen MR) is 137 cm³/mol. The third kappa shape index (κ3) is 4.41. The zero-order valence-electron chi connectivity index (χ0n) is 20.6. The number of aromatic carboxylic acids is 1. The van der Waals surface area contributed by atoms with E-state index in [9.17, 15) is 36.2 Å². The van der Waals surface area contributed by atoms with Crippen molar-refractivity contribution in [2.75, 3.05) is 18.0 Å². The third-order valence-corrected chi connectivity index (χ3v) is 8.57. The Bertz CT molecular complexity index is 1670. The number of carbonyl (C=O) groups is 1. The average molecular weight is 579 g/mol. The van der Waals surface area contributed by atoms with E-state index in [-0.39, 0.29) is 27.9 Å². The molecular formula is C27H20F6N4O2S. The van der Waals surface area contributed by atoms with Crippen LogP contribution >= 0.6 is 11.3 Å². The van der Waals surface area contributed by atoms with Gasteiger partial charge in [0.05, 0.1) is 39.0 Å². The lowest BCUT2D eigenvalue weighted by atomic mass is 9.64. The van der Waals surface area contributed by atoms with Gasteiger partial charge in [0.15, 0.2) is 10.9 Å². The van der Waals surface area contributed by atoms with Crippen LogP contribution in [0, 0.1) is 11.2 Å². The lowest BCUT2D eigenvalue weighted by Crippen LogP contribution is -2.42. The molecule has 0 radical (unpaired) electrons. The summed E-state index contributed by atoms with van der Waals surface area (Å²) >= 11 is 1.19. The molecule has 4 aromatic rings. The Morgan fingerprint density at radius 1 is 1.12 bits per heavy atom. The van der Waals surface area contributed by atoms with Crippen LogP contribution in [0.15, 0.2) is 48.7 Å². The molecule has 3 heterocycles. The van der Waals surface area contributed by atoms with Gasteiger partial charge in [0.2, 0.25) is 0 Å². The molecular weight excluding hydrogens is 558 g/mol. The first-order valence-electron chi connectivity index (χ1n) is 12.3. The molecule has 1 saturated heterocycles. The lowest BCUT2D eigenvalue weighted by molar-refractivity contribution is -0.137. The molecule has 2 aromatic carbocycles. The number of hydrogen-bond acceptors (Lipinski definition) is 5. The highest BCUT2D eigenvalue weighted by Gasteiger charge is 2.43. The minimum absolute atomic E-state index is 0.0179. The maximum Gasteiger partial charge on any atom is 0.418 e. The molecule has 1 N–H and O–H groups in total. The second kappa shape index (κ2) is 9.36. The number of alkyl halides is 5. The van der Waals surface area contributed by atoms with E-state index in [0.29, 0.717) is 47.8 Å². The number of anilines is 1. The summed E-state index contributed by atoms with van der Waals surface area (Å²) in [5.74, 6) is -1.95. The number of piperidine rings is 1. The Balaban J connectivity index is 1.26. The maximum atomic E-state index is 14.4. The van der Waals surface area contributed by atoms with E-state index < -0.39 is 35.5 Å². The van der Waals surface area contributed by atoms with Gasteiger partial charge >= 0.3 is 12.1 Å². The number of allylic oxidation sites excluding steroid dienone is 2. The van der Waals surface area contributed by atoms with Crippen molar-refractivity contribution < 1.29 is 36.2 Å². The zero-order chi connectivity index (χ0) is 28.4. The number of thiazole rings is 1. The molecule has 0 unspecified atom stereocenters. The fourth-order valence-corrected chi connectivity index (χ4v) is 6.57. The highest BCUT2D eigenvalue weighted by atomic mass is 32.1. The minimum atomic E-state index is -4.69. The smallest absolute Gasteiger partial charge is 0.418 e. The second-order valence-electron chi connectivity index (χ2n) is 9.98. The van der Waals surface area contributed by atoms with Crippen LogP contribution in [0.1, 0.15) is 52.9 Å². The number of halogens is 6. The summed E-state index contributed by atoms with van der Waals surface area (Å²) in [5, 5.41) is 13.7. The standard InChI is InChI=1S/C27H20F6N4O2S/c28-18-9-14(24(38)39)10-20-21(18)35-25(40-20)36-7-5-26(6-8-36)11-15(12-26)22-16(23(29)30)13-34-37(22)19-4-2-1-3-17(19)27(31,32)33/h1-4,9-11,13,23H,5-8,12H2,(H,38,39). The van der Waals surface area contributed by atoms with Crippen molar-refractivity contribution in [3.8, 4) is 5.69 Å². The van der Waals surface area contributed by atoms with Crippen molar-refractivity contribution in [3.63, 3.8) is 0 Å².